The molecule has 9 aromatic carbocycles. The van der Waals surface area contributed by atoms with E-state index in [1.165, 1.54) is 6.92 Å². The summed E-state index contributed by atoms with van der Waals surface area (Å²) in [7, 11) is 3.21. The van der Waals surface area contributed by atoms with Crippen LogP contribution in [-0.2, 0) is 113 Å². The molecule has 1 N–H and O–H groups in total. The van der Waals surface area contributed by atoms with Gasteiger partial charge in [0.25, 0.3) is 0 Å². The third kappa shape index (κ3) is 20.7. The van der Waals surface area contributed by atoms with Gasteiger partial charge in [0.1, 0.15) is 116 Å². The van der Waals surface area contributed by atoms with Gasteiger partial charge in [0.2, 0.25) is 0 Å². The van der Waals surface area contributed by atoms with Gasteiger partial charge in [-0.15, -0.1) is 0 Å². The number of rotatable bonds is 35. The first-order valence-electron chi connectivity index (χ1n) is 34.4. The van der Waals surface area contributed by atoms with Crippen molar-refractivity contribution >= 4 is 5.97 Å². The number of hydrogen-bond acceptors (Lipinski definition) is 19. The number of hydrogen-bond donors (Lipinski definition) is 1. The Balaban J connectivity index is 0.994. The van der Waals surface area contributed by atoms with Gasteiger partial charge in [-0.05, 0) is 87.5 Å². The van der Waals surface area contributed by atoms with E-state index in [0.717, 1.165) is 38.9 Å². The monoisotopic (exact) mass is 1390 g/mol. The molecule has 19 heteroatoms. The number of carbonyl (C=O) groups excluding carboxylic acids is 1. The van der Waals surface area contributed by atoms with E-state index in [4.69, 9.17) is 80.5 Å². The van der Waals surface area contributed by atoms with Crippen molar-refractivity contribution in [3.05, 3.63) is 300 Å². The molecule has 0 bridgehead atoms. The van der Waals surface area contributed by atoms with E-state index in [2.05, 4.69) is 0 Å². The molecule has 3 aliphatic rings. The molecule has 0 saturated carbocycles. The van der Waals surface area contributed by atoms with Crippen LogP contribution in [0.5, 0.6) is 23.0 Å². The molecule has 534 valence electrons. The third-order valence-electron chi connectivity index (χ3n) is 17.8. The van der Waals surface area contributed by atoms with E-state index in [0.29, 0.717) is 23.0 Å². The van der Waals surface area contributed by atoms with E-state index in [-0.39, 0.29) is 66.1 Å². The number of methoxy groups -OCH3 is 2. The maximum Gasteiger partial charge on any atom is 0.302 e. The summed E-state index contributed by atoms with van der Waals surface area (Å²) in [6.07, 6.45) is -17.6. The normalized spacial score (nSPS) is 24.8. The van der Waals surface area contributed by atoms with Crippen molar-refractivity contribution in [1.82, 2.24) is 0 Å². The van der Waals surface area contributed by atoms with Crippen LogP contribution in [0.25, 0.3) is 0 Å². The summed E-state index contributed by atoms with van der Waals surface area (Å²) in [4.78, 5) is 12.9. The first-order valence-corrected chi connectivity index (χ1v) is 34.4. The standard InChI is InChI=1S/C83H88O19/c1-57(84)88-54-70-73(76(93-49-60-29-15-6-16-30-60)78(81(85)98-70)95-51-62-33-19-8-20-34-62)101-83-80(97-53-64-37-23-10-24-38-64)77(94-50-61-31-17-7-18-32-61)74(71(100-83)56-90-68-45-41-66(87-3)42-46-68)102-82-79(96-52-63-35-21-9-22-36-63)75(92-48-59-27-13-5-14-28-59)72(91-47-58-25-11-4-12-26-58)69(99-82)55-89-67-43-39-65(86-2)40-44-67/h4-46,69-83,85H,47-56H2,1-3H3/t69-,70-,71-,72+,73+,74+,75+,76+,77+,78-,79-,80-,81-,82-,83-/m1/s1. The topological polar surface area (TPSA) is 194 Å². The second kappa shape index (κ2) is 37.9. The number of aliphatic hydroxyl groups excluding tert-OH is 1. The van der Waals surface area contributed by atoms with Gasteiger partial charge >= 0.3 is 5.97 Å². The maximum absolute atomic E-state index is 12.9. The van der Waals surface area contributed by atoms with E-state index in [9.17, 15) is 9.90 Å². The minimum Gasteiger partial charge on any atom is -0.497 e. The second-order valence-electron chi connectivity index (χ2n) is 25.0. The highest BCUT2D eigenvalue weighted by Gasteiger charge is 2.57. The molecule has 102 heavy (non-hydrogen) atoms. The molecule has 12 rings (SSSR count). The average Bonchev–Trinajstić information content (AvgIpc) is 0.856. The first kappa shape index (κ1) is 72.9. The lowest BCUT2D eigenvalue weighted by Crippen LogP contribution is -2.68. The van der Waals surface area contributed by atoms with Gasteiger partial charge in [0.05, 0.1) is 60.5 Å². The zero-order chi connectivity index (χ0) is 70.1. The van der Waals surface area contributed by atoms with Crippen LogP contribution in [0.2, 0.25) is 0 Å². The first-order chi connectivity index (χ1) is 50.2. The molecule has 3 heterocycles. The molecule has 19 nitrogen and oxygen atoms in total. The fraction of sp³-hybridized carbons (Fsp3) is 0.337. The van der Waals surface area contributed by atoms with Gasteiger partial charge in [-0.1, -0.05) is 212 Å². The fourth-order valence-corrected chi connectivity index (χ4v) is 12.5. The summed E-state index contributed by atoms with van der Waals surface area (Å²) in [5.41, 5.74) is 6.00. The van der Waals surface area contributed by atoms with E-state index < -0.39 is 98.1 Å². The molecule has 0 unspecified atom stereocenters. The number of ether oxygens (including phenoxy) is 17. The molecule has 0 spiro atoms. The summed E-state index contributed by atoms with van der Waals surface area (Å²) < 4.78 is 117. The molecule has 9 aromatic rings. The molecule has 3 aliphatic heterocycles. The summed E-state index contributed by atoms with van der Waals surface area (Å²) in [6, 6.07) is 82.7. The Bertz CT molecular complexity index is 3830. The van der Waals surface area contributed by atoms with Gasteiger partial charge in [-0.2, -0.15) is 0 Å². The molecule has 0 amide bonds. The lowest BCUT2D eigenvalue weighted by Gasteiger charge is -2.51. The van der Waals surface area contributed by atoms with Gasteiger partial charge < -0.3 is 85.6 Å². The Hall–Kier alpha value is -8.87. The van der Waals surface area contributed by atoms with Crippen LogP contribution in [0.4, 0.5) is 0 Å². The average molecular weight is 1390 g/mol. The van der Waals surface area contributed by atoms with Crippen molar-refractivity contribution in [2.75, 3.05) is 34.0 Å². The Morgan fingerprint density at radius 1 is 0.304 bits per heavy atom. The molecule has 0 radical (unpaired) electrons. The molecule has 3 fully saturated rings. The minimum atomic E-state index is -1.60. The molecule has 0 aromatic heterocycles. The highest BCUT2D eigenvalue weighted by molar-refractivity contribution is 5.65. The van der Waals surface area contributed by atoms with E-state index in [1.807, 2.05) is 237 Å². The highest BCUT2D eigenvalue weighted by atomic mass is 16.8. The molecule has 3 saturated heterocycles. The van der Waals surface area contributed by atoms with Crippen molar-refractivity contribution in [2.45, 2.75) is 145 Å². The Morgan fingerprint density at radius 2 is 0.559 bits per heavy atom. The molecular formula is C83H88O19. The SMILES string of the molecule is COc1ccc(OC[C@H]2O[C@H](O[C@@H]3[C@H](OCc4ccccc4)[C@@H](OCc4ccccc4)[C@@H](O[C@@H]4[C@H](OCc5ccccc5)[C@@H](OCc5ccccc5)[C@H](O)O[C@@H]4COC(C)=O)O[C@@H]3COc3ccc(OC)cc3)[C@H](OCc3ccccc3)[C@@H](OCc3ccccc3)[C@H]2OCc2ccccc2)cc1. The smallest absolute Gasteiger partial charge is 0.302 e. The summed E-state index contributed by atoms with van der Waals surface area (Å²) in [5.74, 6) is 1.71. The Kier molecular flexibility index (Phi) is 27.1. The van der Waals surface area contributed by atoms with Crippen molar-refractivity contribution in [3.8, 4) is 23.0 Å². The quantitative estimate of drug-likeness (QED) is 0.0368. The largest absolute Gasteiger partial charge is 0.497 e. The number of carbonyl (C=O) groups is 1. The predicted octanol–water partition coefficient (Wildman–Crippen LogP) is 12.8. The van der Waals surface area contributed by atoms with Crippen LogP contribution >= 0.6 is 0 Å². The molecule has 0 aliphatic carbocycles. The van der Waals surface area contributed by atoms with Crippen LogP contribution in [0.1, 0.15) is 45.9 Å². The summed E-state index contributed by atoms with van der Waals surface area (Å²) >= 11 is 0. The lowest BCUT2D eigenvalue weighted by molar-refractivity contribution is -0.392. The highest BCUT2D eigenvalue weighted by Crippen LogP contribution is 2.40. The van der Waals surface area contributed by atoms with Crippen molar-refractivity contribution in [1.29, 1.82) is 0 Å². The Labute approximate surface area is 595 Å². The summed E-state index contributed by atoms with van der Waals surface area (Å²) in [6.45, 7) is 1.30. The number of benzene rings is 9. The van der Waals surface area contributed by atoms with E-state index in [1.54, 1.807) is 38.5 Å². The van der Waals surface area contributed by atoms with E-state index >= 15 is 0 Å². The van der Waals surface area contributed by atoms with Gasteiger partial charge in [0.15, 0.2) is 18.9 Å². The van der Waals surface area contributed by atoms with Gasteiger partial charge in [0, 0.05) is 6.92 Å². The second-order valence-corrected chi connectivity index (χ2v) is 25.0. The third-order valence-corrected chi connectivity index (χ3v) is 17.8. The van der Waals surface area contributed by atoms with Crippen LogP contribution in [-0.4, -0.2) is 137 Å². The zero-order valence-corrected chi connectivity index (χ0v) is 57.4. The van der Waals surface area contributed by atoms with Gasteiger partial charge in [-0.25, -0.2) is 0 Å². The predicted molar refractivity (Wildman–Crippen MR) is 377 cm³/mol. The molecule has 15 atom stereocenters. The minimum absolute atomic E-state index is 0.0243. The van der Waals surface area contributed by atoms with Crippen molar-refractivity contribution < 1.29 is 90.4 Å². The summed E-state index contributed by atoms with van der Waals surface area (Å²) in [5, 5.41) is 12.2. The number of aliphatic hydroxyl groups is 1. The fourth-order valence-electron chi connectivity index (χ4n) is 12.5. The van der Waals surface area contributed by atoms with Crippen LogP contribution in [0, 0.1) is 0 Å². The van der Waals surface area contributed by atoms with Crippen molar-refractivity contribution in [2.24, 2.45) is 0 Å². The van der Waals surface area contributed by atoms with Crippen molar-refractivity contribution in [3.63, 3.8) is 0 Å². The number of esters is 1. The van der Waals surface area contributed by atoms with Gasteiger partial charge in [-0.3, -0.25) is 4.79 Å². The lowest BCUT2D eigenvalue weighted by atomic mass is 9.95. The van der Waals surface area contributed by atoms with Crippen LogP contribution in [0.15, 0.2) is 261 Å². The molecular weight excluding hydrogens is 1300 g/mol. The zero-order valence-electron chi connectivity index (χ0n) is 57.4. The van der Waals surface area contributed by atoms with Crippen LogP contribution in [0.3, 0.4) is 0 Å². The maximum atomic E-state index is 12.9. The Morgan fingerprint density at radius 3 is 0.873 bits per heavy atom. The van der Waals surface area contributed by atoms with Crippen LogP contribution < -0.4 is 18.9 Å².